The Balaban J connectivity index is 2.09. The highest BCUT2D eigenvalue weighted by Gasteiger charge is 2.35. The van der Waals surface area contributed by atoms with Crippen molar-refractivity contribution in [3.63, 3.8) is 0 Å². The van der Waals surface area contributed by atoms with Gasteiger partial charge in [0.25, 0.3) is 0 Å². The molecule has 0 saturated carbocycles. The molecule has 1 heterocycles. The Morgan fingerprint density at radius 2 is 1.95 bits per heavy atom. The number of nitrogens with zero attached hydrogens (tertiary/aromatic N) is 1. The van der Waals surface area contributed by atoms with Gasteiger partial charge in [0.05, 0.1) is 17.2 Å². The maximum absolute atomic E-state index is 12.8. The van der Waals surface area contributed by atoms with Crippen molar-refractivity contribution in [1.82, 2.24) is 4.90 Å². The molecule has 114 valence electrons. The molecule has 0 radical (unpaired) electrons. The number of likely N-dealkylation sites (tertiary alicyclic amines) is 1. The van der Waals surface area contributed by atoms with Crippen LogP contribution in [-0.4, -0.2) is 35.1 Å². The van der Waals surface area contributed by atoms with Crippen LogP contribution in [-0.2, 0) is 11.0 Å². The number of nitrogens with one attached hydrogen (secondary N) is 1. The molecule has 2 rings (SSSR count). The number of carbonyl (C=O) groups excluding carboxylic acids is 1. The Labute approximate surface area is 118 Å². The van der Waals surface area contributed by atoms with Crippen LogP contribution in [0.25, 0.3) is 0 Å². The van der Waals surface area contributed by atoms with Crippen LogP contribution in [0.4, 0.5) is 23.7 Å². The fourth-order valence-electron chi connectivity index (χ4n) is 2.18. The molecule has 8 heteroatoms. The van der Waals surface area contributed by atoms with Gasteiger partial charge >= 0.3 is 18.2 Å². The van der Waals surface area contributed by atoms with Crippen molar-refractivity contribution in [3.8, 4) is 0 Å². The summed E-state index contributed by atoms with van der Waals surface area (Å²) >= 11 is 0. The highest BCUT2D eigenvalue weighted by Crippen LogP contribution is 2.34. The van der Waals surface area contributed by atoms with Gasteiger partial charge in [0, 0.05) is 13.1 Å². The van der Waals surface area contributed by atoms with E-state index in [2.05, 4.69) is 5.32 Å². The van der Waals surface area contributed by atoms with Gasteiger partial charge in [0.15, 0.2) is 0 Å². The second-order valence-electron chi connectivity index (χ2n) is 4.74. The average Bonchev–Trinajstić information content (AvgIpc) is 2.88. The van der Waals surface area contributed by atoms with Crippen LogP contribution in [0, 0.1) is 5.92 Å². The number of hydrogen-bond donors (Lipinski definition) is 2. The van der Waals surface area contributed by atoms with E-state index >= 15 is 0 Å². The fraction of sp³-hybridized carbons (Fsp3) is 0.385. The zero-order valence-electron chi connectivity index (χ0n) is 10.9. The first-order valence-electron chi connectivity index (χ1n) is 6.24. The predicted octanol–water partition coefficient (Wildman–Crippen LogP) is 2.64. The third-order valence-electron chi connectivity index (χ3n) is 3.30. The number of carbonyl (C=O) groups is 2. The number of carboxylic acids is 1. The normalized spacial score (nSPS) is 18.6. The maximum Gasteiger partial charge on any atom is 0.418 e. The molecule has 5 nitrogen and oxygen atoms in total. The van der Waals surface area contributed by atoms with Crippen molar-refractivity contribution in [2.24, 2.45) is 5.92 Å². The Bertz CT molecular complexity index is 560. The molecule has 1 aliphatic heterocycles. The monoisotopic (exact) mass is 302 g/mol. The van der Waals surface area contributed by atoms with Gasteiger partial charge in [-0.05, 0) is 18.6 Å². The smallest absolute Gasteiger partial charge is 0.418 e. The summed E-state index contributed by atoms with van der Waals surface area (Å²) in [6.45, 7) is 0.201. The first kappa shape index (κ1) is 15.1. The topological polar surface area (TPSA) is 69.6 Å². The molecule has 1 aromatic carbocycles. The largest absolute Gasteiger partial charge is 0.481 e. The van der Waals surface area contributed by atoms with Gasteiger partial charge in [-0.3, -0.25) is 4.79 Å². The van der Waals surface area contributed by atoms with Gasteiger partial charge in [0.2, 0.25) is 0 Å². The van der Waals surface area contributed by atoms with E-state index in [0.29, 0.717) is 6.42 Å². The number of aliphatic carboxylic acids is 1. The molecule has 0 aliphatic carbocycles. The van der Waals surface area contributed by atoms with Crippen LogP contribution < -0.4 is 5.32 Å². The van der Waals surface area contributed by atoms with Crippen molar-refractivity contribution in [1.29, 1.82) is 0 Å². The van der Waals surface area contributed by atoms with E-state index in [9.17, 15) is 22.8 Å². The van der Waals surface area contributed by atoms with Crippen molar-refractivity contribution < 1.29 is 27.9 Å². The van der Waals surface area contributed by atoms with Crippen LogP contribution in [0.2, 0.25) is 0 Å². The molecule has 1 aliphatic rings. The average molecular weight is 302 g/mol. The van der Waals surface area contributed by atoms with Crippen LogP contribution in [0.1, 0.15) is 12.0 Å². The molecule has 1 atom stereocenters. The lowest BCUT2D eigenvalue weighted by atomic mass is 10.1. The fourth-order valence-corrected chi connectivity index (χ4v) is 2.18. The molecule has 1 aromatic rings. The number of alkyl halides is 3. The second kappa shape index (κ2) is 5.63. The first-order valence-corrected chi connectivity index (χ1v) is 6.24. The van der Waals surface area contributed by atoms with E-state index < -0.39 is 29.7 Å². The number of amides is 2. The third-order valence-corrected chi connectivity index (χ3v) is 3.30. The standard InChI is InChI=1S/C13H13F3N2O3/c14-13(15,16)9-3-1-2-4-10(9)17-12(21)18-6-5-8(7-18)11(19)20/h1-4,8H,5-7H2,(H,17,21)(H,19,20). The number of anilines is 1. The minimum Gasteiger partial charge on any atom is -0.481 e. The van der Waals surface area contributed by atoms with E-state index in [1.165, 1.54) is 17.0 Å². The molecular formula is C13H13F3N2O3. The van der Waals surface area contributed by atoms with Crippen molar-refractivity contribution >= 4 is 17.7 Å². The summed E-state index contributed by atoms with van der Waals surface area (Å²) in [5.41, 5.74) is -1.28. The lowest BCUT2D eigenvalue weighted by molar-refractivity contribution is -0.141. The lowest BCUT2D eigenvalue weighted by Crippen LogP contribution is -2.34. The van der Waals surface area contributed by atoms with Gasteiger partial charge < -0.3 is 15.3 Å². The summed E-state index contributed by atoms with van der Waals surface area (Å²) < 4.78 is 38.4. The van der Waals surface area contributed by atoms with Crippen LogP contribution in [0.15, 0.2) is 24.3 Å². The highest BCUT2D eigenvalue weighted by molar-refractivity contribution is 5.91. The van der Waals surface area contributed by atoms with Gasteiger partial charge in [-0.2, -0.15) is 13.2 Å². The van der Waals surface area contributed by atoms with E-state index in [4.69, 9.17) is 5.11 Å². The van der Waals surface area contributed by atoms with Crippen molar-refractivity contribution in [2.45, 2.75) is 12.6 Å². The Morgan fingerprint density at radius 3 is 2.52 bits per heavy atom. The van der Waals surface area contributed by atoms with Crippen LogP contribution in [0.3, 0.4) is 0 Å². The molecule has 2 N–H and O–H groups in total. The van der Waals surface area contributed by atoms with Crippen molar-refractivity contribution in [3.05, 3.63) is 29.8 Å². The second-order valence-corrected chi connectivity index (χ2v) is 4.74. The molecule has 0 bridgehead atoms. The summed E-state index contributed by atoms with van der Waals surface area (Å²) in [5.74, 6) is -1.69. The molecule has 1 unspecified atom stereocenters. The summed E-state index contributed by atoms with van der Waals surface area (Å²) in [7, 11) is 0. The molecule has 0 spiro atoms. The van der Waals surface area contributed by atoms with Crippen LogP contribution in [0.5, 0.6) is 0 Å². The summed E-state index contributed by atoms with van der Waals surface area (Å²) in [4.78, 5) is 23.9. The molecule has 1 fully saturated rings. The van der Waals surface area contributed by atoms with E-state index in [-0.39, 0.29) is 18.8 Å². The number of urea groups is 1. The van der Waals surface area contributed by atoms with Crippen LogP contribution >= 0.6 is 0 Å². The Hall–Kier alpha value is -2.25. The number of para-hydroxylation sites is 1. The van der Waals surface area contributed by atoms with Gasteiger partial charge in [-0.25, -0.2) is 4.79 Å². The summed E-state index contributed by atoms with van der Waals surface area (Å²) in [5, 5.41) is 11.0. The summed E-state index contributed by atoms with van der Waals surface area (Å²) in [6.07, 6.45) is -4.28. The number of rotatable bonds is 2. The zero-order valence-corrected chi connectivity index (χ0v) is 10.9. The highest BCUT2D eigenvalue weighted by atomic mass is 19.4. The number of benzene rings is 1. The van der Waals surface area contributed by atoms with E-state index in [0.717, 1.165) is 12.1 Å². The third kappa shape index (κ3) is 3.45. The molecule has 2 amide bonds. The predicted molar refractivity (Wildman–Crippen MR) is 67.8 cm³/mol. The Morgan fingerprint density at radius 1 is 1.29 bits per heavy atom. The SMILES string of the molecule is O=C(O)C1CCN(C(=O)Nc2ccccc2C(F)(F)F)C1. The lowest BCUT2D eigenvalue weighted by Gasteiger charge is -2.19. The Kier molecular flexibility index (Phi) is 4.06. The minimum atomic E-state index is -4.57. The summed E-state index contributed by atoms with van der Waals surface area (Å²) in [6, 6.07) is 3.92. The van der Waals surface area contributed by atoms with Gasteiger partial charge in [0.1, 0.15) is 0 Å². The van der Waals surface area contributed by atoms with Crippen molar-refractivity contribution in [2.75, 3.05) is 18.4 Å². The van der Waals surface area contributed by atoms with E-state index in [1.54, 1.807) is 0 Å². The maximum atomic E-state index is 12.8. The first-order chi connectivity index (χ1) is 9.79. The van der Waals surface area contributed by atoms with Gasteiger partial charge in [-0.15, -0.1) is 0 Å². The zero-order chi connectivity index (χ0) is 15.6. The van der Waals surface area contributed by atoms with Gasteiger partial charge in [-0.1, -0.05) is 12.1 Å². The quantitative estimate of drug-likeness (QED) is 0.882. The molecular weight excluding hydrogens is 289 g/mol. The molecule has 0 aromatic heterocycles. The van der Waals surface area contributed by atoms with E-state index in [1.807, 2.05) is 0 Å². The number of carboxylic acid groups (broad SMARTS) is 1. The number of halogens is 3. The molecule has 21 heavy (non-hydrogen) atoms. The minimum absolute atomic E-state index is 0.00461. The molecule has 1 saturated heterocycles. The number of hydrogen-bond acceptors (Lipinski definition) is 2.